The Hall–Kier alpha value is -1.85. The first-order valence-electron chi connectivity index (χ1n) is 3.64. The van der Waals surface area contributed by atoms with Crippen LogP contribution in [-0.4, -0.2) is 22.7 Å². The Morgan fingerprint density at radius 3 is 3.08 bits per heavy atom. The second-order valence-corrected chi connectivity index (χ2v) is 2.06. The van der Waals surface area contributed by atoms with Crippen molar-refractivity contribution in [3.05, 3.63) is 12.5 Å². The molecule has 1 aromatic rings. The number of ether oxygens (including phenoxy) is 2. The van der Waals surface area contributed by atoms with Gasteiger partial charge in [0.1, 0.15) is 6.33 Å². The minimum atomic E-state index is -0.816. The molecule has 0 aliphatic rings. The molecule has 13 heavy (non-hydrogen) atoms. The summed E-state index contributed by atoms with van der Waals surface area (Å²) in [6.45, 7) is 1.92. The lowest BCUT2D eigenvalue weighted by atomic mass is 10.5. The number of rotatable bonds is 2. The maximum Gasteiger partial charge on any atom is 0.514 e. The molecule has 0 bridgehead atoms. The fraction of sp³-hybridized carbons (Fsp3) is 0.286. The van der Waals surface area contributed by atoms with Crippen molar-refractivity contribution in [2.75, 3.05) is 12.3 Å². The summed E-state index contributed by atoms with van der Waals surface area (Å²) >= 11 is 0. The molecular weight excluding hydrogens is 174 g/mol. The Morgan fingerprint density at radius 1 is 1.69 bits per heavy atom. The van der Waals surface area contributed by atoms with Crippen LogP contribution in [0.5, 0.6) is 5.75 Å². The summed E-state index contributed by atoms with van der Waals surface area (Å²) < 4.78 is 9.20. The zero-order valence-corrected chi connectivity index (χ0v) is 7.06. The molecule has 0 aliphatic heterocycles. The summed E-state index contributed by atoms with van der Waals surface area (Å²) in [6, 6.07) is 0. The number of hydrogen-bond acceptors (Lipinski definition) is 6. The van der Waals surface area contributed by atoms with Gasteiger partial charge in [0.15, 0.2) is 11.6 Å². The van der Waals surface area contributed by atoms with E-state index in [1.165, 1.54) is 12.5 Å². The van der Waals surface area contributed by atoms with Crippen LogP contribution in [0.2, 0.25) is 0 Å². The Morgan fingerprint density at radius 2 is 2.46 bits per heavy atom. The van der Waals surface area contributed by atoms with E-state index in [2.05, 4.69) is 19.4 Å². The van der Waals surface area contributed by atoms with Crippen LogP contribution in [0.1, 0.15) is 6.92 Å². The molecule has 0 spiro atoms. The Kier molecular flexibility index (Phi) is 3.02. The lowest BCUT2D eigenvalue weighted by Gasteiger charge is -2.04. The maximum absolute atomic E-state index is 10.8. The van der Waals surface area contributed by atoms with Gasteiger partial charge in [0.05, 0.1) is 12.8 Å². The van der Waals surface area contributed by atoms with Gasteiger partial charge in [0.25, 0.3) is 0 Å². The number of aromatic nitrogens is 2. The van der Waals surface area contributed by atoms with E-state index < -0.39 is 6.16 Å². The van der Waals surface area contributed by atoms with E-state index in [0.29, 0.717) is 0 Å². The third-order valence-corrected chi connectivity index (χ3v) is 1.16. The van der Waals surface area contributed by atoms with Gasteiger partial charge in [0.2, 0.25) is 0 Å². The molecule has 6 heteroatoms. The fourth-order valence-electron chi connectivity index (χ4n) is 0.642. The van der Waals surface area contributed by atoms with Gasteiger partial charge in [-0.25, -0.2) is 14.8 Å². The van der Waals surface area contributed by atoms with Crippen molar-refractivity contribution in [1.29, 1.82) is 0 Å². The summed E-state index contributed by atoms with van der Waals surface area (Å²) in [7, 11) is 0. The number of nitrogen functional groups attached to an aromatic ring is 1. The summed E-state index contributed by atoms with van der Waals surface area (Å²) in [5.41, 5.74) is 5.38. The molecule has 0 fully saturated rings. The predicted molar refractivity (Wildman–Crippen MR) is 44.1 cm³/mol. The average Bonchev–Trinajstić information content (AvgIpc) is 2.09. The van der Waals surface area contributed by atoms with E-state index in [1.807, 2.05) is 0 Å². The minimum absolute atomic E-state index is 0.0981. The zero-order chi connectivity index (χ0) is 9.68. The predicted octanol–water partition coefficient (Wildman–Crippen LogP) is 0.594. The highest BCUT2D eigenvalue weighted by Crippen LogP contribution is 2.15. The lowest BCUT2D eigenvalue weighted by molar-refractivity contribution is 0.104. The van der Waals surface area contributed by atoms with Gasteiger partial charge in [0, 0.05) is 0 Å². The smallest absolute Gasteiger partial charge is 0.434 e. The van der Waals surface area contributed by atoms with Crippen LogP contribution in [0.25, 0.3) is 0 Å². The minimum Gasteiger partial charge on any atom is -0.434 e. The summed E-state index contributed by atoms with van der Waals surface area (Å²) in [5, 5.41) is 0. The van der Waals surface area contributed by atoms with Crippen LogP contribution >= 0.6 is 0 Å². The normalized spacial score (nSPS) is 9.31. The highest BCUT2D eigenvalue weighted by atomic mass is 16.7. The number of carbonyl (C=O) groups excluding carboxylic acids is 1. The van der Waals surface area contributed by atoms with Crippen LogP contribution in [0.15, 0.2) is 12.5 Å². The Balaban J connectivity index is 2.63. The van der Waals surface area contributed by atoms with Crippen LogP contribution in [0.3, 0.4) is 0 Å². The molecule has 0 aromatic carbocycles. The van der Waals surface area contributed by atoms with E-state index in [0.717, 1.165) is 0 Å². The van der Waals surface area contributed by atoms with Crippen LogP contribution in [0.4, 0.5) is 10.6 Å². The monoisotopic (exact) mass is 183 g/mol. The molecule has 0 amide bonds. The third kappa shape index (κ3) is 2.58. The van der Waals surface area contributed by atoms with Gasteiger partial charge in [-0.2, -0.15) is 0 Å². The number of nitrogens with two attached hydrogens (primary N) is 1. The number of anilines is 1. The third-order valence-electron chi connectivity index (χ3n) is 1.16. The molecular formula is C7H9N3O3. The Labute approximate surface area is 74.7 Å². The molecule has 6 nitrogen and oxygen atoms in total. The molecule has 70 valence electrons. The second-order valence-electron chi connectivity index (χ2n) is 2.06. The number of nitrogens with zero attached hydrogens (tertiary/aromatic N) is 2. The van der Waals surface area contributed by atoms with Crippen molar-refractivity contribution in [3.63, 3.8) is 0 Å². The molecule has 0 atom stereocenters. The summed E-state index contributed by atoms with van der Waals surface area (Å²) in [4.78, 5) is 18.1. The fourth-order valence-corrected chi connectivity index (χ4v) is 0.642. The Bertz CT molecular complexity index is 303. The largest absolute Gasteiger partial charge is 0.514 e. The summed E-state index contributed by atoms with van der Waals surface area (Å²) in [6.07, 6.45) is 1.73. The van der Waals surface area contributed by atoms with Gasteiger partial charge in [-0.1, -0.05) is 0 Å². The van der Waals surface area contributed by atoms with E-state index in [4.69, 9.17) is 5.73 Å². The molecule has 2 N–H and O–H groups in total. The van der Waals surface area contributed by atoms with Crippen LogP contribution in [0, 0.1) is 0 Å². The van der Waals surface area contributed by atoms with Crippen LogP contribution in [-0.2, 0) is 4.74 Å². The zero-order valence-electron chi connectivity index (χ0n) is 7.06. The molecule has 0 aliphatic carbocycles. The van der Waals surface area contributed by atoms with Gasteiger partial charge < -0.3 is 15.2 Å². The van der Waals surface area contributed by atoms with Crippen molar-refractivity contribution in [1.82, 2.24) is 9.97 Å². The molecule has 1 aromatic heterocycles. The van der Waals surface area contributed by atoms with Gasteiger partial charge >= 0.3 is 6.16 Å². The van der Waals surface area contributed by atoms with Crippen molar-refractivity contribution in [3.8, 4) is 5.75 Å². The standard InChI is InChI=1S/C7H9N3O3/c1-2-12-7(11)13-5-3-9-4-10-6(5)8/h3-4H,2H2,1H3,(H2,8,9,10). The first kappa shape index (κ1) is 9.24. The quantitative estimate of drug-likeness (QED) is 0.675. The van der Waals surface area contributed by atoms with Gasteiger partial charge in [-0.15, -0.1) is 0 Å². The molecule has 0 saturated heterocycles. The first-order valence-corrected chi connectivity index (χ1v) is 3.64. The molecule has 1 heterocycles. The summed E-state index contributed by atoms with van der Waals surface area (Å²) in [5.74, 6) is 0.198. The van der Waals surface area contributed by atoms with E-state index >= 15 is 0 Å². The maximum atomic E-state index is 10.8. The SMILES string of the molecule is CCOC(=O)Oc1cncnc1N. The first-order chi connectivity index (χ1) is 6.24. The van der Waals surface area contributed by atoms with Crippen molar-refractivity contribution in [2.24, 2.45) is 0 Å². The van der Waals surface area contributed by atoms with Crippen LogP contribution < -0.4 is 10.5 Å². The topological polar surface area (TPSA) is 87.3 Å². The van der Waals surface area contributed by atoms with Crippen molar-refractivity contribution >= 4 is 12.0 Å². The molecule has 0 unspecified atom stereocenters. The van der Waals surface area contributed by atoms with E-state index in [-0.39, 0.29) is 18.2 Å². The number of carbonyl (C=O) groups is 1. The highest BCUT2D eigenvalue weighted by molar-refractivity contribution is 5.65. The van der Waals surface area contributed by atoms with Crippen molar-refractivity contribution < 1.29 is 14.3 Å². The molecule has 0 saturated carbocycles. The van der Waals surface area contributed by atoms with Gasteiger partial charge in [-0.3, -0.25) is 0 Å². The van der Waals surface area contributed by atoms with Crippen molar-refractivity contribution in [2.45, 2.75) is 6.92 Å². The highest BCUT2D eigenvalue weighted by Gasteiger charge is 2.08. The lowest BCUT2D eigenvalue weighted by Crippen LogP contribution is -2.11. The van der Waals surface area contributed by atoms with E-state index in [9.17, 15) is 4.79 Å². The van der Waals surface area contributed by atoms with Gasteiger partial charge in [-0.05, 0) is 6.92 Å². The second kappa shape index (κ2) is 4.24. The number of hydrogen-bond donors (Lipinski definition) is 1. The molecule has 1 rings (SSSR count). The van der Waals surface area contributed by atoms with E-state index in [1.54, 1.807) is 6.92 Å². The average molecular weight is 183 g/mol. The molecule has 0 radical (unpaired) electrons.